The topological polar surface area (TPSA) is 224 Å². The number of methoxy groups -OCH3 is 1. The summed E-state index contributed by atoms with van der Waals surface area (Å²) in [6, 6.07) is 16.6. The lowest BCUT2D eigenvalue weighted by atomic mass is 9.93. The second-order valence-corrected chi connectivity index (χ2v) is 14.8. The van der Waals surface area contributed by atoms with Crippen molar-refractivity contribution in [2.75, 3.05) is 77.8 Å². The van der Waals surface area contributed by atoms with Crippen molar-refractivity contribution in [1.82, 2.24) is 4.58 Å². The van der Waals surface area contributed by atoms with Crippen molar-refractivity contribution in [3.05, 3.63) is 66.0 Å². The summed E-state index contributed by atoms with van der Waals surface area (Å²) in [6.45, 7) is 5.77. The van der Waals surface area contributed by atoms with Crippen LogP contribution in [0.1, 0.15) is 59.3 Å². The summed E-state index contributed by atoms with van der Waals surface area (Å²) in [5, 5.41) is 56.4. The lowest BCUT2D eigenvalue weighted by Crippen LogP contribution is -2.36. The molecule has 0 radical (unpaired) electrons. The maximum Gasteiger partial charge on any atom is 0.316 e. The number of ether oxygens (including phenoxy) is 1. The molecule has 1 heterocycles. The normalized spacial score (nSPS) is 11.4. The standard InChI is InChI=1S/C27H30N2O8S.C8H18.C6H12O4/c30-13-9-28(10-14-31)19-5-7-21-24(17-19)37-25-18-20(29(11-15-32)12-16-33)6-8-22(25)27(21)23-3-1-2-4-26(23)38(34,35)36;1-3-5-7-8-6-4-2;1-6(3-7,4-8)5(9)10-2/h1-8,17-18,30-33H,9-16H2;3-8H2,1-2H3;7-8H,3-4H2,1-2H3. The number of aliphatic hydroxyl groups excluding tert-OH is 6. The van der Waals surface area contributed by atoms with Gasteiger partial charge in [0.15, 0.2) is 13.1 Å². The number of hydrogen-bond acceptors (Lipinski definition) is 13. The van der Waals surface area contributed by atoms with Crippen LogP contribution in [-0.4, -0.2) is 123 Å². The minimum atomic E-state index is -4.80. The number of rotatable bonds is 19. The predicted molar refractivity (Wildman–Crippen MR) is 215 cm³/mol. The van der Waals surface area contributed by atoms with Crippen molar-refractivity contribution in [3.8, 4) is 22.5 Å². The molecule has 15 heteroatoms. The monoisotopic (exact) mass is 804 g/mol. The lowest BCUT2D eigenvalue weighted by Gasteiger charge is -2.24. The van der Waals surface area contributed by atoms with E-state index < -0.39 is 34.7 Å². The van der Waals surface area contributed by atoms with E-state index in [4.69, 9.17) is 14.6 Å². The number of unbranched alkanes of at least 4 members (excludes halogenated alkanes) is 5. The van der Waals surface area contributed by atoms with E-state index >= 15 is 0 Å². The highest BCUT2D eigenvalue weighted by atomic mass is 32.2. The summed E-state index contributed by atoms with van der Waals surface area (Å²) in [7, 11) is -3.59. The van der Waals surface area contributed by atoms with Crippen molar-refractivity contribution in [1.29, 1.82) is 0 Å². The van der Waals surface area contributed by atoms with Crippen molar-refractivity contribution in [2.24, 2.45) is 5.41 Å². The molecule has 0 saturated heterocycles. The van der Waals surface area contributed by atoms with Gasteiger partial charge in [-0.05, 0) is 31.2 Å². The zero-order chi connectivity index (χ0) is 41.7. The highest BCUT2D eigenvalue weighted by Gasteiger charge is 2.32. The fourth-order valence-corrected chi connectivity index (χ4v) is 6.63. The fraction of sp³-hybridized carbons (Fsp3) is 0.512. The molecule has 0 saturated carbocycles. The smallest absolute Gasteiger partial charge is 0.316 e. The number of aliphatic hydroxyl groups is 6. The summed E-state index contributed by atoms with van der Waals surface area (Å²) < 4.78 is 49.0. The number of fused-ring (bicyclic) bond motifs is 2. The van der Waals surface area contributed by atoms with Crippen molar-refractivity contribution < 1.29 is 57.6 Å². The molecule has 6 N–H and O–H groups in total. The van der Waals surface area contributed by atoms with Crippen LogP contribution < -0.4 is 14.8 Å². The van der Waals surface area contributed by atoms with Gasteiger partial charge in [-0.2, -0.15) is 0 Å². The molecular weight excluding hydrogens is 745 g/mol. The van der Waals surface area contributed by atoms with Gasteiger partial charge < -0.3 is 49.2 Å². The summed E-state index contributed by atoms with van der Waals surface area (Å²) >= 11 is 0. The summed E-state index contributed by atoms with van der Waals surface area (Å²) in [6.07, 6.45) is 8.49. The van der Waals surface area contributed by atoms with Crippen LogP contribution in [0.2, 0.25) is 0 Å². The molecule has 2 aromatic carbocycles. The van der Waals surface area contributed by atoms with Crippen LogP contribution in [0.4, 0.5) is 5.69 Å². The molecular formula is C41H60N2O12S. The summed E-state index contributed by atoms with van der Waals surface area (Å²) in [5.74, 6) is -0.200. The Bertz CT molecular complexity index is 1910. The van der Waals surface area contributed by atoms with E-state index in [-0.39, 0.29) is 63.1 Å². The SMILES string of the molecule is CCCCCCCC.COC(=O)C(C)(CO)CO.O=S(=O)([O-])c1ccccc1-c1c2ccc(=[N+](CCO)CCO)cc-2oc2cc(N(CCO)CCO)ccc12. The predicted octanol–water partition coefficient (Wildman–Crippen LogP) is 3.17. The van der Waals surface area contributed by atoms with Gasteiger partial charge in [0.25, 0.3) is 0 Å². The number of carbonyl (C=O) groups is 1. The van der Waals surface area contributed by atoms with Crippen LogP contribution in [0.3, 0.4) is 0 Å². The number of carbonyl (C=O) groups excluding carboxylic acids is 1. The van der Waals surface area contributed by atoms with Gasteiger partial charge in [0, 0.05) is 53.0 Å². The van der Waals surface area contributed by atoms with E-state index in [1.165, 1.54) is 64.7 Å². The first-order valence-electron chi connectivity index (χ1n) is 19.0. The van der Waals surface area contributed by atoms with E-state index in [0.29, 0.717) is 38.9 Å². The molecule has 0 unspecified atom stereocenters. The average Bonchev–Trinajstić information content (AvgIpc) is 3.20. The van der Waals surface area contributed by atoms with Gasteiger partial charge in [-0.3, -0.25) is 4.79 Å². The molecule has 0 amide bonds. The second kappa shape index (κ2) is 24.6. The number of esters is 1. The van der Waals surface area contributed by atoms with Crippen LogP contribution >= 0.6 is 0 Å². The van der Waals surface area contributed by atoms with E-state index in [2.05, 4.69) is 18.6 Å². The van der Waals surface area contributed by atoms with Crippen molar-refractivity contribution in [3.63, 3.8) is 0 Å². The van der Waals surface area contributed by atoms with Crippen LogP contribution in [0.15, 0.2) is 70.0 Å². The second-order valence-electron chi connectivity index (χ2n) is 13.4. The Morgan fingerprint density at radius 2 is 1.39 bits per heavy atom. The van der Waals surface area contributed by atoms with Gasteiger partial charge in [-0.15, -0.1) is 0 Å². The minimum absolute atomic E-state index is 0.123. The Hall–Kier alpha value is -3.93. The molecule has 0 bridgehead atoms. The van der Waals surface area contributed by atoms with Gasteiger partial charge in [0.1, 0.15) is 40.1 Å². The minimum Gasteiger partial charge on any atom is -0.744 e. The number of benzene rings is 3. The summed E-state index contributed by atoms with van der Waals surface area (Å²) in [5.41, 5.74) is 1.23. The van der Waals surface area contributed by atoms with Crippen LogP contribution in [0.5, 0.6) is 0 Å². The molecule has 0 fully saturated rings. The number of nitrogens with zero attached hydrogens (tertiary/aromatic N) is 2. The Labute approximate surface area is 330 Å². The van der Waals surface area contributed by atoms with Crippen molar-refractivity contribution >= 4 is 32.7 Å². The van der Waals surface area contributed by atoms with Gasteiger partial charge in [-0.25, -0.2) is 13.0 Å². The third-order valence-electron chi connectivity index (χ3n) is 9.16. The Morgan fingerprint density at radius 3 is 1.88 bits per heavy atom. The molecule has 312 valence electrons. The lowest BCUT2D eigenvalue weighted by molar-refractivity contribution is -0.156. The first-order chi connectivity index (χ1) is 26.8. The Morgan fingerprint density at radius 1 is 0.804 bits per heavy atom. The quantitative estimate of drug-likeness (QED) is 0.0264. The van der Waals surface area contributed by atoms with E-state index in [1.54, 1.807) is 58.0 Å². The number of anilines is 1. The molecule has 56 heavy (non-hydrogen) atoms. The fourth-order valence-electron chi connectivity index (χ4n) is 5.94. The first-order valence-corrected chi connectivity index (χ1v) is 20.4. The highest BCUT2D eigenvalue weighted by molar-refractivity contribution is 7.85. The zero-order valence-electron chi connectivity index (χ0n) is 33.0. The Balaban J connectivity index is 0.000000498. The van der Waals surface area contributed by atoms with Gasteiger partial charge in [0.05, 0.1) is 44.5 Å². The van der Waals surface area contributed by atoms with Crippen molar-refractivity contribution in [2.45, 2.75) is 64.2 Å². The molecule has 0 spiro atoms. The maximum atomic E-state index is 12.2. The molecule has 1 aliphatic carbocycles. The molecule has 1 aliphatic heterocycles. The molecule has 0 aromatic heterocycles. The molecule has 4 rings (SSSR count). The summed E-state index contributed by atoms with van der Waals surface area (Å²) in [4.78, 5) is 12.2. The third-order valence-corrected chi connectivity index (χ3v) is 10.1. The van der Waals surface area contributed by atoms with Crippen LogP contribution in [0.25, 0.3) is 33.4 Å². The number of hydrogen-bond donors (Lipinski definition) is 6. The van der Waals surface area contributed by atoms with E-state index in [9.17, 15) is 38.2 Å². The third kappa shape index (κ3) is 13.6. The molecule has 2 aromatic rings. The molecule has 14 nitrogen and oxygen atoms in total. The molecule has 2 aliphatic rings. The van der Waals surface area contributed by atoms with Gasteiger partial charge >= 0.3 is 5.97 Å². The maximum absolute atomic E-state index is 12.2. The van der Waals surface area contributed by atoms with Crippen LogP contribution in [0, 0.1) is 5.41 Å². The Kier molecular flexibility index (Phi) is 21.2. The van der Waals surface area contributed by atoms with E-state index in [0.717, 1.165) is 0 Å². The highest BCUT2D eigenvalue weighted by Crippen LogP contribution is 2.42. The first kappa shape index (κ1) is 48.2. The van der Waals surface area contributed by atoms with Gasteiger partial charge in [0.2, 0.25) is 5.36 Å². The largest absolute Gasteiger partial charge is 0.744 e. The average molecular weight is 805 g/mol. The van der Waals surface area contributed by atoms with Gasteiger partial charge in [-0.1, -0.05) is 70.6 Å². The van der Waals surface area contributed by atoms with E-state index in [1.807, 2.05) is 0 Å². The van der Waals surface area contributed by atoms with Crippen LogP contribution in [-0.2, 0) is 19.6 Å². The zero-order valence-corrected chi connectivity index (χ0v) is 33.8. The molecule has 0 atom stereocenters.